The first-order chi connectivity index (χ1) is 14.7. The van der Waals surface area contributed by atoms with E-state index in [0.717, 1.165) is 15.9 Å². The van der Waals surface area contributed by atoms with Crippen LogP contribution in [0.4, 0.5) is 0 Å². The van der Waals surface area contributed by atoms with Gasteiger partial charge >= 0.3 is 5.97 Å². The molecule has 4 bridgehead atoms. The molecule has 10 heteroatoms. The molecule has 0 aromatic carbocycles. The summed E-state index contributed by atoms with van der Waals surface area (Å²) in [5, 5.41) is 0. The molecule has 3 aliphatic heterocycles. The zero-order valence-corrected chi connectivity index (χ0v) is 27.2. The molecular weight excluding hydrogens is 583 g/mol. The van der Waals surface area contributed by atoms with E-state index in [1.807, 2.05) is 13.8 Å². The molecule has 6 nitrogen and oxygen atoms in total. The van der Waals surface area contributed by atoms with E-state index in [1.54, 1.807) is 0 Å². The summed E-state index contributed by atoms with van der Waals surface area (Å²) in [6, 6.07) is 0. The second-order valence-corrected chi connectivity index (χ2v) is 26.8. The van der Waals surface area contributed by atoms with Gasteiger partial charge in [0.25, 0.3) is 0 Å². The zero-order valence-electron chi connectivity index (χ0n) is 22.1. The molecule has 3 heterocycles. The Morgan fingerprint density at radius 2 is 1.70 bits per heavy atom. The molecule has 0 N–H and O–H groups in total. The van der Waals surface area contributed by atoms with Crippen LogP contribution in [0.15, 0.2) is 23.7 Å². The van der Waals surface area contributed by atoms with Crippen LogP contribution >= 0.6 is 22.6 Å². The van der Waals surface area contributed by atoms with Gasteiger partial charge in [0.05, 0.1) is 22.4 Å². The molecule has 4 rings (SSSR count). The van der Waals surface area contributed by atoms with Gasteiger partial charge in [-0.1, -0.05) is 22.6 Å². The first-order valence-electron chi connectivity index (χ1n) is 11.7. The Hall–Kier alpha value is -0.149. The van der Waals surface area contributed by atoms with Crippen molar-refractivity contribution in [3.8, 4) is 0 Å². The minimum absolute atomic E-state index is 0.145. The molecule has 0 radical (unpaired) electrons. The van der Waals surface area contributed by atoms with Crippen LogP contribution in [0.5, 0.6) is 0 Å². The number of alkyl halides is 1. The fourth-order valence-electron chi connectivity index (χ4n) is 5.11. The summed E-state index contributed by atoms with van der Waals surface area (Å²) < 4.78 is 33.4. The second kappa shape index (κ2) is 8.46. The Balaban J connectivity index is 2.19. The average Bonchev–Trinajstić information content (AvgIpc) is 2.55. The summed E-state index contributed by atoms with van der Waals surface area (Å²) in [6.07, 6.45) is 4.73. The Kier molecular flexibility index (Phi) is 7.04. The number of rotatable bonds is 8. The molecule has 5 atom stereocenters. The molecule has 188 valence electrons. The Labute approximate surface area is 216 Å². The van der Waals surface area contributed by atoms with Crippen LogP contribution < -0.4 is 0 Å². The minimum Gasteiger partial charge on any atom is -0.547 e. The highest BCUT2D eigenvalue weighted by atomic mass is 127. The maximum absolute atomic E-state index is 13.3. The van der Waals surface area contributed by atoms with Gasteiger partial charge in [0.1, 0.15) is 0 Å². The highest BCUT2D eigenvalue weighted by molar-refractivity contribution is 14.1. The number of halogens is 1. The standard InChI is InChI=1S/C23H41IO6Si3/c1-21-18(13-17(15-24)28-32(6,7)8)19-12-16(27-31(3,4)5)14-23(29-21,30-33(9,10)11)22(19,2)26-20(21)25/h12-13,18-19H,14-15H2,1-11H3/b17-13-/t18-,19-,21+,22+,23+/m1/s1. The van der Waals surface area contributed by atoms with Gasteiger partial charge in [-0.15, -0.1) is 0 Å². The molecule has 3 saturated heterocycles. The largest absolute Gasteiger partial charge is 0.547 e. The number of carbonyl (C=O) groups is 1. The minimum atomic E-state index is -2.08. The van der Waals surface area contributed by atoms with Gasteiger partial charge in [-0.25, -0.2) is 4.79 Å². The van der Waals surface area contributed by atoms with E-state index >= 15 is 0 Å². The van der Waals surface area contributed by atoms with Gasteiger partial charge in [0.15, 0.2) is 19.5 Å². The van der Waals surface area contributed by atoms with Gasteiger partial charge in [-0.05, 0) is 84.9 Å². The monoisotopic (exact) mass is 624 g/mol. The van der Waals surface area contributed by atoms with E-state index in [2.05, 4.69) is 93.7 Å². The summed E-state index contributed by atoms with van der Waals surface area (Å²) in [6.45, 7) is 23.3. The molecule has 0 aromatic heterocycles. The molecule has 33 heavy (non-hydrogen) atoms. The summed E-state index contributed by atoms with van der Waals surface area (Å²) >= 11 is 2.33. The smallest absolute Gasteiger partial charge is 0.339 e. The molecule has 0 saturated carbocycles. The molecule has 0 unspecified atom stereocenters. The normalized spacial score (nSPS) is 36.9. The predicted octanol–water partition coefficient (Wildman–Crippen LogP) is 6.18. The zero-order chi connectivity index (χ0) is 25.3. The lowest BCUT2D eigenvalue weighted by Gasteiger charge is -2.67. The third kappa shape index (κ3) is 5.35. The van der Waals surface area contributed by atoms with Crippen molar-refractivity contribution in [1.82, 2.24) is 0 Å². The quantitative estimate of drug-likeness (QED) is 0.106. The van der Waals surface area contributed by atoms with Crippen molar-refractivity contribution in [3.05, 3.63) is 23.7 Å². The van der Waals surface area contributed by atoms with Gasteiger partial charge < -0.3 is 22.8 Å². The molecule has 0 aromatic rings. The highest BCUT2D eigenvalue weighted by Gasteiger charge is 2.76. The summed E-state index contributed by atoms with van der Waals surface area (Å²) in [4.78, 5) is 13.3. The fourth-order valence-corrected chi connectivity index (χ4v) is 8.97. The van der Waals surface area contributed by atoms with E-state index in [9.17, 15) is 4.79 Å². The number of hydrogen-bond acceptors (Lipinski definition) is 6. The molecule has 1 aliphatic carbocycles. The van der Waals surface area contributed by atoms with E-state index < -0.39 is 41.9 Å². The topological polar surface area (TPSA) is 63.2 Å². The van der Waals surface area contributed by atoms with Crippen molar-refractivity contribution in [2.45, 2.75) is 96.2 Å². The van der Waals surface area contributed by atoms with Gasteiger partial charge in [-0.3, -0.25) is 0 Å². The molecule has 3 fully saturated rings. The summed E-state index contributed by atoms with van der Waals surface area (Å²) in [5.41, 5.74) is -2.12. The van der Waals surface area contributed by atoms with Crippen molar-refractivity contribution in [2.75, 3.05) is 4.43 Å². The third-order valence-corrected chi connectivity index (χ3v) is 9.56. The van der Waals surface area contributed by atoms with E-state index in [1.165, 1.54) is 0 Å². The van der Waals surface area contributed by atoms with Gasteiger partial charge in [0.2, 0.25) is 22.4 Å². The number of esters is 1. The molecule has 4 aliphatic rings. The van der Waals surface area contributed by atoms with Crippen molar-refractivity contribution in [1.29, 1.82) is 0 Å². The summed E-state index contributed by atoms with van der Waals surface area (Å²) in [5.74, 6) is -0.00560. The summed E-state index contributed by atoms with van der Waals surface area (Å²) in [7, 11) is -5.76. The average molecular weight is 625 g/mol. The maximum atomic E-state index is 13.3. The lowest BCUT2D eigenvalue weighted by molar-refractivity contribution is -0.406. The van der Waals surface area contributed by atoms with Crippen LogP contribution in [-0.4, -0.2) is 52.3 Å². The van der Waals surface area contributed by atoms with Crippen molar-refractivity contribution in [2.24, 2.45) is 11.8 Å². The molecular formula is C23H41IO6Si3. The number of allylic oxidation sites excluding steroid dienone is 1. The fraction of sp³-hybridized carbons (Fsp3) is 0.783. The highest BCUT2D eigenvalue weighted by Crippen LogP contribution is 2.62. The molecule has 0 amide bonds. The lowest BCUT2D eigenvalue weighted by Crippen LogP contribution is -2.80. The number of carbonyl (C=O) groups excluding carboxylic acids is 1. The van der Waals surface area contributed by atoms with Crippen molar-refractivity contribution in [3.63, 3.8) is 0 Å². The Morgan fingerprint density at radius 3 is 2.18 bits per heavy atom. The number of fused-ring (bicyclic) bond motifs is 1. The lowest BCUT2D eigenvalue weighted by atomic mass is 9.59. The maximum Gasteiger partial charge on any atom is 0.339 e. The van der Waals surface area contributed by atoms with Crippen LogP contribution in [0.1, 0.15) is 20.3 Å². The van der Waals surface area contributed by atoms with Gasteiger partial charge in [-0.2, -0.15) is 0 Å². The van der Waals surface area contributed by atoms with Crippen molar-refractivity contribution >= 4 is 53.5 Å². The van der Waals surface area contributed by atoms with Crippen LogP contribution in [-0.2, 0) is 27.5 Å². The second-order valence-electron chi connectivity index (χ2n) is 12.7. The van der Waals surface area contributed by atoms with Gasteiger partial charge in [0, 0.05) is 11.8 Å². The SMILES string of the molecule is C[C@@]12OC(=O)[C@@]3(C)O[C@]1(O[Si](C)(C)C)CC(O[Si](C)(C)C)=C[C@@H]2[C@H]3/C=C(/CI)O[Si](C)(C)C. The van der Waals surface area contributed by atoms with Crippen LogP contribution in [0.2, 0.25) is 58.9 Å². The predicted molar refractivity (Wildman–Crippen MR) is 147 cm³/mol. The van der Waals surface area contributed by atoms with E-state index in [0.29, 0.717) is 6.42 Å². The van der Waals surface area contributed by atoms with Crippen LogP contribution in [0, 0.1) is 11.8 Å². The number of hydrogen-bond donors (Lipinski definition) is 0. The van der Waals surface area contributed by atoms with E-state index in [-0.39, 0.29) is 17.8 Å². The van der Waals surface area contributed by atoms with Crippen LogP contribution in [0.3, 0.4) is 0 Å². The number of ether oxygens (including phenoxy) is 2. The first-order valence-corrected chi connectivity index (χ1v) is 23.5. The molecule has 0 spiro atoms. The van der Waals surface area contributed by atoms with Crippen molar-refractivity contribution < 1.29 is 27.5 Å². The first kappa shape index (κ1) is 27.4. The van der Waals surface area contributed by atoms with Crippen LogP contribution in [0.25, 0.3) is 0 Å². The Morgan fingerprint density at radius 1 is 1.09 bits per heavy atom. The Bertz CT molecular complexity index is 871. The third-order valence-electron chi connectivity index (χ3n) is 6.12. The van der Waals surface area contributed by atoms with E-state index in [4.69, 9.17) is 22.8 Å².